The zero-order chi connectivity index (χ0) is 18.2. The zero-order valence-corrected chi connectivity index (χ0v) is 17.5. The Morgan fingerprint density at radius 1 is 1.04 bits per heavy atom. The SMILES string of the molecule is CNCC(=Cc1ccc([Si](C)(C)C)cc1)B1OC(C)(C)C(C)(C)O1. The van der Waals surface area contributed by atoms with Gasteiger partial charge >= 0.3 is 7.12 Å². The number of benzene rings is 1. The van der Waals surface area contributed by atoms with E-state index in [9.17, 15) is 0 Å². The van der Waals surface area contributed by atoms with Crippen molar-refractivity contribution in [3.63, 3.8) is 0 Å². The lowest BCUT2D eigenvalue weighted by Crippen LogP contribution is -2.41. The van der Waals surface area contributed by atoms with E-state index in [0.717, 1.165) is 12.0 Å². The van der Waals surface area contributed by atoms with Gasteiger partial charge in [0.25, 0.3) is 0 Å². The van der Waals surface area contributed by atoms with Gasteiger partial charge in [-0.1, -0.05) is 55.2 Å². The Labute approximate surface area is 149 Å². The maximum atomic E-state index is 6.21. The number of rotatable bonds is 5. The molecule has 132 valence electrons. The normalized spacial score (nSPS) is 20.5. The minimum atomic E-state index is -1.26. The van der Waals surface area contributed by atoms with Gasteiger partial charge in [0, 0.05) is 6.54 Å². The summed E-state index contributed by atoms with van der Waals surface area (Å²) >= 11 is 0. The molecule has 0 bridgehead atoms. The molecule has 1 N–H and O–H groups in total. The monoisotopic (exact) mass is 345 g/mol. The average Bonchev–Trinajstić information content (AvgIpc) is 2.66. The van der Waals surface area contributed by atoms with Crippen LogP contribution in [0.3, 0.4) is 0 Å². The summed E-state index contributed by atoms with van der Waals surface area (Å²) in [5.41, 5.74) is 1.69. The summed E-state index contributed by atoms with van der Waals surface area (Å²) in [6.45, 7) is 16.2. The van der Waals surface area contributed by atoms with Gasteiger partial charge in [0.05, 0.1) is 19.3 Å². The zero-order valence-electron chi connectivity index (χ0n) is 16.5. The van der Waals surface area contributed by atoms with E-state index in [4.69, 9.17) is 9.31 Å². The summed E-state index contributed by atoms with van der Waals surface area (Å²) in [7, 11) is 0.388. The molecule has 3 nitrogen and oxygen atoms in total. The van der Waals surface area contributed by atoms with Crippen LogP contribution in [0.2, 0.25) is 19.6 Å². The van der Waals surface area contributed by atoms with Crippen molar-refractivity contribution in [3.8, 4) is 0 Å². The lowest BCUT2D eigenvalue weighted by atomic mass is 9.77. The Kier molecular flexibility index (Phi) is 5.50. The third kappa shape index (κ3) is 4.20. The van der Waals surface area contributed by atoms with Crippen molar-refractivity contribution in [1.82, 2.24) is 5.32 Å². The Bertz CT molecular complexity index is 587. The van der Waals surface area contributed by atoms with Crippen LogP contribution in [0.1, 0.15) is 33.3 Å². The summed E-state index contributed by atoms with van der Waals surface area (Å²) in [6, 6.07) is 8.93. The van der Waals surface area contributed by atoms with Gasteiger partial charge in [0.2, 0.25) is 0 Å². The highest BCUT2D eigenvalue weighted by Gasteiger charge is 2.52. The average molecular weight is 345 g/mol. The summed E-state index contributed by atoms with van der Waals surface area (Å²) in [5, 5.41) is 4.71. The van der Waals surface area contributed by atoms with Crippen LogP contribution in [0.15, 0.2) is 29.7 Å². The van der Waals surface area contributed by atoms with E-state index in [1.807, 2.05) is 7.05 Å². The van der Waals surface area contributed by atoms with E-state index >= 15 is 0 Å². The van der Waals surface area contributed by atoms with Gasteiger partial charge < -0.3 is 14.6 Å². The first-order valence-electron chi connectivity index (χ1n) is 8.77. The van der Waals surface area contributed by atoms with Crippen LogP contribution < -0.4 is 10.5 Å². The highest BCUT2D eigenvalue weighted by atomic mass is 28.3. The van der Waals surface area contributed by atoms with E-state index < -0.39 is 8.07 Å². The maximum absolute atomic E-state index is 6.21. The molecule has 0 spiro atoms. The summed E-state index contributed by atoms with van der Waals surface area (Å²) in [4.78, 5) is 0. The molecule has 1 aromatic rings. The quantitative estimate of drug-likeness (QED) is 0.829. The molecular formula is C19H32BNO2Si. The van der Waals surface area contributed by atoms with Crippen LogP contribution in [0.4, 0.5) is 0 Å². The number of hydrogen-bond acceptors (Lipinski definition) is 3. The number of hydrogen-bond donors (Lipinski definition) is 1. The van der Waals surface area contributed by atoms with Crippen LogP contribution in [0, 0.1) is 0 Å². The summed E-state index contributed by atoms with van der Waals surface area (Å²) in [6.07, 6.45) is 2.19. The second kappa shape index (κ2) is 6.79. The van der Waals surface area contributed by atoms with Crippen molar-refractivity contribution in [3.05, 3.63) is 35.3 Å². The van der Waals surface area contributed by atoms with Crippen molar-refractivity contribution in [2.24, 2.45) is 0 Å². The molecule has 0 aromatic heterocycles. The van der Waals surface area contributed by atoms with Gasteiger partial charge in [-0.05, 0) is 45.8 Å². The first-order valence-corrected chi connectivity index (χ1v) is 12.3. The molecule has 1 saturated heterocycles. The van der Waals surface area contributed by atoms with Crippen LogP contribution in [-0.2, 0) is 9.31 Å². The summed E-state index contributed by atoms with van der Waals surface area (Å²) in [5.74, 6) is 0. The van der Waals surface area contributed by atoms with E-state index in [1.54, 1.807) is 0 Å². The molecule has 1 fully saturated rings. The first-order chi connectivity index (χ1) is 11.0. The number of likely N-dealkylation sites (N-methyl/N-ethyl adjacent to an activating group) is 1. The fourth-order valence-electron chi connectivity index (χ4n) is 2.69. The molecule has 0 radical (unpaired) electrons. The lowest BCUT2D eigenvalue weighted by molar-refractivity contribution is 0.00578. The van der Waals surface area contributed by atoms with E-state index in [2.05, 4.69) is 83.0 Å². The predicted octanol–water partition coefficient (Wildman–Crippen LogP) is 3.47. The van der Waals surface area contributed by atoms with Crippen molar-refractivity contribution in [1.29, 1.82) is 0 Å². The highest BCUT2D eigenvalue weighted by Crippen LogP contribution is 2.38. The predicted molar refractivity (Wildman–Crippen MR) is 107 cm³/mol. The Morgan fingerprint density at radius 2 is 1.54 bits per heavy atom. The largest absolute Gasteiger partial charge is 0.491 e. The third-order valence-electron chi connectivity index (χ3n) is 5.07. The number of nitrogens with one attached hydrogen (secondary N) is 1. The Morgan fingerprint density at radius 3 is 1.96 bits per heavy atom. The van der Waals surface area contributed by atoms with Crippen LogP contribution in [0.25, 0.3) is 6.08 Å². The highest BCUT2D eigenvalue weighted by molar-refractivity contribution is 6.88. The molecule has 0 amide bonds. The topological polar surface area (TPSA) is 30.5 Å². The van der Waals surface area contributed by atoms with Crippen molar-refractivity contribution in [2.45, 2.75) is 58.5 Å². The van der Waals surface area contributed by atoms with Gasteiger partial charge in [-0.15, -0.1) is 0 Å². The molecule has 1 aliphatic heterocycles. The maximum Gasteiger partial charge on any atom is 0.491 e. The van der Waals surface area contributed by atoms with Crippen LogP contribution >= 0.6 is 0 Å². The van der Waals surface area contributed by atoms with Crippen LogP contribution in [0.5, 0.6) is 0 Å². The van der Waals surface area contributed by atoms with Gasteiger partial charge in [-0.25, -0.2) is 0 Å². The minimum absolute atomic E-state index is 0.306. The van der Waals surface area contributed by atoms with E-state index in [0.29, 0.717) is 0 Å². The molecule has 1 heterocycles. The Hall–Kier alpha value is -0.878. The van der Waals surface area contributed by atoms with E-state index in [-0.39, 0.29) is 18.3 Å². The van der Waals surface area contributed by atoms with Gasteiger partial charge in [-0.3, -0.25) is 0 Å². The molecule has 2 rings (SSSR count). The van der Waals surface area contributed by atoms with Gasteiger partial charge in [0.15, 0.2) is 0 Å². The third-order valence-corrected chi connectivity index (χ3v) is 7.13. The fraction of sp³-hybridized carbons (Fsp3) is 0.579. The molecule has 0 unspecified atom stereocenters. The molecule has 0 atom stereocenters. The minimum Gasteiger partial charge on any atom is -0.400 e. The summed E-state index contributed by atoms with van der Waals surface area (Å²) < 4.78 is 12.4. The van der Waals surface area contributed by atoms with Gasteiger partial charge in [0.1, 0.15) is 0 Å². The van der Waals surface area contributed by atoms with E-state index in [1.165, 1.54) is 10.8 Å². The second-order valence-electron chi connectivity index (χ2n) is 8.71. The smallest absolute Gasteiger partial charge is 0.400 e. The van der Waals surface area contributed by atoms with Crippen LogP contribution in [-0.4, -0.2) is 40.0 Å². The van der Waals surface area contributed by atoms with Crippen molar-refractivity contribution >= 4 is 26.5 Å². The Balaban J connectivity index is 2.26. The second-order valence-corrected chi connectivity index (χ2v) is 13.8. The van der Waals surface area contributed by atoms with Crippen molar-refractivity contribution in [2.75, 3.05) is 13.6 Å². The molecule has 5 heteroatoms. The van der Waals surface area contributed by atoms with Crippen molar-refractivity contribution < 1.29 is 9.31 Å². The molecule has 1 aromatic carbocycles. The fourth-order valence-corrected chi connectivity index (χ4v) is 3.86. The molecule has 0 aliphatic carbocycles. The standard InChI is InChI=1S/C19H32BNO2Si/c1-18(2)19(3,4)23-20(22-18)16(14-21-5)13-15-9-11-17(12-10-15)24(6,7)8/h9-13,21H,14H2,1-8H3. The molecule has 24 heavy (non-hydrogen) atoms. The lowest BCUT2D eigenvalue weighted by Gasteiger charge is -2.32. The van der Waals surface area contributed by atoms with Gasteiger partial charge in [-0.2, -0.15) is 0 Å². The molecule has 0 saturated carbocycles. The molecular weight excluding hydrogens is 313 g/mol. The first kappa shape index (κ1) is 19.4. The molecule has 1 aliphatic rings.